The van der Waals surface area contributed by atoms with E-state index in [0.717, 1.165) is 24.0 Å². The Labute approximate surface area is 152 Å². The van der Waals surface area contributed by atoms with Crippen LogP contribution in [0, 0.1) is 12.7 Å². The molecular formula is C20H21ClFNO2. The second-order valence-electron chi connectivity index (χ2n) is 6.41. The van der Waals surface area contributed by atoms with Crippen LogP contribution in [0.25, 0.3) is 0 Å². The smallest absolute Gasteiger partial charge is 0.263 e. The molecular weight excluding hydrogens is 341 g/mol. The number of likely N-dealkylation sites (tertiary alicyclic amines) is 1. The summed E-state index contributed by atoms with van der Waals surface area (Å²) in [6.07, 6.45) is 1.21. The van der Waals surface area contributed by atoms with Crippen molar-refractivity contribution in [1.82, 2.24) is 4.90 Å². The summed E-state index contributed by atoms with van der Waals surface area (Å²) in [7, 11) is 0. The molecule has 3 rings (SSSR count). The summed E-state index contributed by atoms with van der Waals surface area (Å²) in [5, 5.41) is 0.669. The van der Waals surface area contributed by atoms with E-state index >= 15 is 0 Å². The monoisotopic (exact) mass is 361 g/mol. The number of benzene rings is 2. The maximum Gasteiger partial charge on any atom is 0.263 e. The Balaban J connectivity index is 1.72. The fourth-order valence-electron chi connectivity index (χ4n) is 3.24. The normalized spacial score (nSPS) is 18.2. The fourth-order valence-corrected chi connectivity index (χ4v) is 3.36. The Hall–Kier alpha value is -2.07. The molecule has 0 aromatic heterocycles. The highest BCUT2D eigenvalue weighted by molar-refractivity contribution is 6.31. The lowest BCUT2D eigenvalue weighted by Crippen LogP contribution is -2.40. The summed E-state index contributed by atoms with van der Waals surface area (Å²) in [6.45, 7) is 4.34. The van der Waals surface area contributed by atoms with Gasteiger partial charge in [0.1, 0.15) is 11.6 Å². The van der Waals surface area contributed by atoms with Crippen molar-refractivity contribution in [2.75, 3.05) is 6.54 Å². The molecule has 0 bridgehead atoms. The molecule has 1 amide bonds. The van der Waals surface area contributed by atoms with E-state index in [1.807, 2.05) is 17.9 Å². The molecule has 2 unspecified atom stereocenters. The fraction of sp³-hybridized carbons (Fsp3) is 0.350. The summed E-state index contributed by atoms with van der Waals surface area (Å²) in [4.78, 5) is 14.7. The molecule has 25 heavy (non-hydrogen) atoms. The van der Waals surface area contributed by atoms with E-state index < -0.39 is 6.10 Å². The van der Waals surface area contributed by atoms with E-state index in [9.17, 15) is 9.18 Å². The number of hydrogen-bond acceptors (Lipinski definition) is 2. The van der Waals surface area contributed by atoms with Crippen LogP contribution in [0.1, 0.15) is 36.9 Å². The lowest BCUT2D eigenvalue weighted by molar-refractivity contribution is -0.138. The number of carbonyl (C=O) groups is 1. The van der Waals surface area contributed by atoms with Gasteiger partial charge in [-0.2, -0.15) is 0 Å². The van der Waals surface area contributed by atoms with Crippen molar-refractivity contribution in [3.8, 4) is 5.75 Å². The van der Waals surface area contributed by atoms with Crippen LogP contribution in [0.5, 0.6) is 5.75 Å². The zero-order chi connectivity index (χ0) is 18.0. The number of carbonyl (C=O) groups excluding carboxylic acids is 1. The van der Waals surface area contributed by atoms with Gasteiger partial charge in [0.2, 0.25) is 0 Å². The predicted octanol–water partition coefficient (Wildman–Crippen LogP) is 4.92. The van der Waals surface area contributed by atoms with Crippen molar-refractivity contribution < 1.29 is 13.9 Å². The maximum atomic E-state index is 13.2. The third-order valence-corrected chi connectivity index (χ3v) is 5.00. The number of rotatable bonds is 4. The van der Waals surface area contributed by atoms with Crippen LogP contribution >= 0.6 is 11.6 Å². The van der Waals surface area contributed by atoms with Crippen LogP contribution < -0.4 is 4.74 Å². The van der Waals surface area contributed by atoms with Gasteiger partial charge < -0.3 is 9.64 Å². The van der Waals surface area contributed by atoms with E-state index in [0.29, 0.717) is 17.3 Å². The van der Waals surface area contributed by atoms with Crippen molar-refractivity contribution in [2.24, 2.45) is 0 Å². The Morgan fingerprint density at radius 1 is 1.28 bits per heavy atom. The minimum absolute atomic E-state index is 0.0221. The molecule has 2 aromatic carbocycles. The molecule has 1 heterocycles. The number of aryl methyl sites for hydroxylation is 1. The van der Waals surface area contributed by atoms with Gasteiger partial charge in [-0.3, -0.25) is 4.79 Å². The summed E-state index contributed by atoms with van der Waals surface area (Å²) in [5.74, 6) is 0.300. The third kappa shape index (κ3) is 3.96. The van der Waals surface area contributed by atoms with Crippen molar-refractivity contribution in [1.29, 1.82) is 0 Å². The zero-order valence-corrected chi connectivity index (χ0v) is 15.1. The van der Waals surface area contributed by atoms with Gasteiger partial charge in [0.05, 0.1) is 6.04 Å². The predicted molar refractivity (Wildman–Crippen MR) is 96.4 cm³/mol. The van der Waals surface area contributed by atoms with Crippen LogP contribution in [0.2, 0.25) is 5.02 Å². The molecule has 0 saturated carbocycles. The minimum atomic E-state index is -0.596. The van der Waals surface area contributed by atoms with Crippen molar-refractivity contribution in [3.63, 3.8) is 0 Å². The molecule has 5 heteroatoms. The molecule has 1 aliphatic rings. The zero-order valence-electron chi connectivity index (χ0n) is 14.3. The number of ether oxygens (including phenoxy) is 1. The SMILES string of the molecule is Cc1cc(OC(C)C(=O)N2CCCC2c2ccc(F)cc2)ccc1Cl. The quantitative estimate of drug-likeness (QED) is 0.773. The Morgan fingerprint density at radius 2 is 2.00 bits per heavy atom. The molecule has 3 nitrogen and oxygen atoms in total. The van der Waals surface area contributed by atoms with Gasteiger partial charge in [-0.25, -0.2) is 4.39 Å². The highest BCUT2D eigenvalue weighted by atomic mass is 35.5. The van der Waals surface area contributed by atoms with Crippen molar-refractivity contribution >= 4 is 17.5 Å². The van der Waals surface area contributed by atoms with E-state index in [-0.39, 0.29) is 17.8 Å². The first-order valence-corrected chi connectivity index (χ1v) is 8.82. The summed E-state index contributed by atoms with van der Waals surface area (Å²) < 4.78 is 19.0. The van der Waals surface area contributed by atoms with Crippen LogP contribution in [0.3, 0.4) is 0 Å². The molecule has 132 valence electrons. The molecule has 1 aliphatic heterocycles. The lowest BCUT2D eigenvalue weighted by Gasteiger charge is -2.28. The molecule has 1 saturated heterocycles. The first-order valence-electron chi connectivity index (χ1n) is 8.44. The van der Waals surface area contributed by atoms with Crippen LogP contribution in [-0.2, 0) is 4.79 Å². The average molecular weight is 362 g/mol. The third-order valence-electron chi connectivity index (χ3n) is 4.58. The molecule has 0 aliphatic carbocycles. The summed E-state index contributed by atoms with van der Waals surface area (Å²) >= 11 is 6.02. The second kappa shape index (κ2) is 7.44. The van der Waals surface area contributed by atoms with Gasteiger partial charge in [0.15, 0.2) is 6.10 Å². The first kappa shape index (κ1) is 17.7. The van der Waals surface area contributed by atoms with E-state index in [1.165, 1.54) is 12.1 Å². The van der Waals surface area contributed by atoms with Gasteiger partial charge in [-0.15, -0.1) is 0 Å². The molecule has 2 aromatic rings. The molecule has 0 radical (unpaired) electrons. The topological polar surface area (TPSA) is 29.5 Å². The van der Waals surface area contributed by atoms with Gasteiger partial charge in [0, 0.05) is 11.6 Å². The standard InChI is InChI=1S/C20H21ClFNO2/c1-13-12-17(9-10-18(13)21)25-14(2)20(24)23-11-3-4-19(23)15-5-7-16(22)8-6-15/h5-10,12,14,19H,3-4,11H2,1-2H3. The Kier molecular flexibility index (Phi) is 5.28. The lowest BCUT2D eigenvalue weighted by atomic mass is 10.0. The molecule has 0 N–H and O–H groups in total. The highest BCUT2D eigenvalue weighted by Gasteiger charge is 2.33. The first-order chi connectivity index (χ1) is 12.0. The minimum Gasteiger partial charge on any atom is -0.481 e. The van der Waals surface area contributed by atoms with Crippen LogP contribution in [-0.4, -0.2) is 23.5 Å². The summed E-state index contributed by atoms with van der Waals surface area (Å²) in [5.41, 5.74) is 1.87. The van der Waals surface area contributed by atoms with Crippen molar-refractivity contribution in [3.05, 3.63) is 64.4 Å². The number of nitrogens with zero attached hydrogens (tertiary/aromatic N) is 1. The Bertz CT molecular complexity index is 763. The number of amides is 1. The van der Waals surface area contributed by atoms with Crippen LogP contribution in [0.15, 0.2) is 42.5 Å². The van der Waals surface area contributed by atoms with Gasteiger partial charge >= 0.3 is 0 Å². The molecule has 0 spiro atoms. The van der Waals surface area contributed by atoms with E-state index in [4.69, 9.17) is 16.3 Å². The summed E-state index contributed by atoms with van der Waals surface area (Å²) in [6, 6.07) is 11.7. The second-order valence-corrected chi connectivity index (χ2v) is 6.82. The Morgan fingerprint density at radius 3 is 2.68 bits per heavy atom. The molecule has 1 fully saturated rings. The molecule has 2 atom stereocenters. The number of hydrogen-bond donors (Lipinski definition) is 0. The van der Waals surface area contributed by atoms with Crippen molar-refractivity contribution in [2.45, 2.75) is 38.8 Å². The van der Waals surface area contributed by atoms with Gasteiger partial charge in [-0.05, 0) is 68.1 Å². The maximum absolute atomic E-state index is 13.2. The van der Waals surface area contributed by atoms with Gasteiger partial charge in [0.25, 0.3) is 5.91 Å². The average Bonchev–Trinajstić information content (AvgIpc) is 3.07. The largest absolute Gasteiger partial charge is 0.481 e. The van der Waals surface area contributed by atoms with E-state index in [1.54, 1.807) is 31.2 Å². The number of halogens is 2. The highest BCUT2D eigenvalue weighted by Crippen LogP contribution is 2.33. The van der Waals surface area contributed by atoms with Crippen LogP contribution in [0.4, 0.5) is 4.39 Å². The van der Waals surface area contributed by atoms with E-state index in [2.05, 4.69) is 0 Å². The van der Waals surface area contributed by atoms with Gasteiger partial charge in [-0.1, -0.05) is 23.7 Å².